The van der Waals surface area contributed by atoms with Crippen LogP contribution in [0.1, 0.15) is 24.0 Å². The smallest absolute Gasteiger partial charge is 0.227 e. The van der Waals surface area contributed by atoms with Crippen LogP contribution in [0.4, 0.5) is 0 Å². The number of piperidine rings is 1. The zero-order valence-electron chi connectivity index (χ0n) is 13.3. The van der Waals surface area contributed by atoms with E-state index >= 15 is 0 Å². The van der Waals surface area contributed by atoms with Crippen LogP contribution in [0, 0.1) is 12.8 Å². The number of likely N-dealkylation sites (tertiary alicyclic amines) is 1. The molecule has 1 atom stereocenters. The van der Waals surface area contributed by atoms with Crippen LogP contribution in [0.25, 0.3) is 11.0 Å². The molecule has 4 heteroatoms. The van der Waals surface area contributed by atoms with Gasteiger partial charge in [-0.3, -0.25) is 4.79 Å². The van der Waals surface area contributed by atoms with Crippen molar-refractivity contribution in [1.29, 1.82) is 0 Å². The average molecular weight is 317 g/mol. The molecule has 0 bridgehead atoms. The van der Waals surface area contributed by atoms with Crippen molar-refractivity contribution >= 4 is 28.6 Å². The monoisotopic (exact) mass is 317 g/mol. The van der Waals surface area contributed by atoms with Gasteiger partial charge in [0, 0.05) is 24.0 Å². The highest BCUT2D eigenvalue weighted by molar-refractivity contribution is 7.98. The number of aryl methyl sites for hydroxylation is 1. The van der Waals surface area contributed by atoms with Gasteiger partial charge in [0.15, 0.2) is 0 Å². The molecule has 2 heterocycles. The Balaban J connectivity index is 1.71. The van der Waals surface area contributed by atoms with E-state index in [9.17, 15) is 4.79 Å². The van der Waals surface area contributed by atoms with Gasteiger partial charge in [0.25, 0.3) is 0 Å². The summed E-state index contributed by atoms with van der Waals surface area (Å²) in [6.07, 6.45) is 6.70. The fourth-order valence-electron chi connectivity index (χ4n) is 3.27. The molecule has 2 aromatic rings. The number of hydrogen-bond acceptors (Lipinski definition) is 3. The summed E-state index contributed by atoms with van der Waals surface area (Å²) in [5, 5.41) is 1.08. The van der Waals surface area contributed by atoms with Crippen molar-refractivity contribution in [2.75, 3.05) is 25.1 Å². The Bertz CT molecular complexity index is 662. The molecule has 1 amide bonds. The number of furan rings is 1. The molecule has 0 radical (unpaired) electrons. The molecule has 0 aliphatic carbocycles. The fraction of sp³-hybridized carbons (Fsp3) is 0.500. The van der Waals surface area contributed by atoms with Crippen LogP contribution >= 0.6 is 11.8 Å². The zero-order valence-corrected chi connectivity index (χ0v) is 14.1. The van der Waals surface area contributed by atoms with Crippen molar-refractivity contribution in [2.24, 2.45) is 5.92 Å². The topological polar surface area (TPSA) is 33.5 Å². The van der Waals surface area contributed by atoms with E-state index < -0.39 is 0 Å². The maximum absolute atomic E-state index is 12.6. The first-order chi connectivity index (χ1) is 10.7. The second kappa shape index (κ2) is 6.78. The Morgan fingerprint density at radius 3 is 3.14 bits per heavy atom. The number of hydrogen-bond donors (Lipinski definition) is 0. The molecule has 1 aliphatic heterocycles. The first-order valence-electron chi connectivity index (χ1n) is 7.91. The minimum absolute atomic E-state index is 0.231. The summed E-state index contributed by atoms with van der Waals surface area (Å²) in [5.41, 5.74) is 3.07. The summed E-state index contributed by atoms with van der Waals surface area (Å²) in [6, 6.07) is 6.12. The van der Waals surface area contributed by atoms with Crippen molar-refractivity contribution in [1.82, 2.24) is 4.90 Å². The van der Waals surface area contributed by atoms with E-state index in [4.69, 9.17) is 4.42 Å². The third kappa shape index (κ3) is 3.32. The van der Waals surface area contributed by atoms with E-state index in [0.29, 0.717) is 12.3 Å². The molecular weight excluding hydrogens is 294 g/mol. The fourth-order valence-corrected chi connectivity index (χ4v) is 4.01. The maximum atomic E-state index is 12.6. The summed E-state index contributed by atoms with van der Waals surface area (Å²) in [5.74, 6) is 2.03. The number of rotatable bonds is 4. The second-order valence-corrected chi connectivity index (χ2v) is 7.15. The molecule has 1 saturated heterocycles. The minimum atomic E-state index is 0.231. The van der Waals surface area contributed by atoms with Gasteiger partial charge in [-0.05, 0) is 49.8 Å². The van der Waals surface area contributed by atoms with E-state index in [0.717, 1.165) is 41.8 Å². The Hall–Kier alpha value is -1.42. The van der Waals surface area contributed by atoms with E-state index in [1.165, 1.54) is 12.0 Å². The lowest BCUT2D eigenvalue weighted by atomic mass is 9.99. The van der Waals surface area contributed by atoms with Crippen LogP contribution in [0.3, 0.4) is 0 Å². The molecule has 118 valence electrons. The second-order valence-electron chi connectivity index (χ2n) is 6.24. The summed E-state index contributed by atoms with van der Waals surface area (Å²) in [6.45, 7) is 3.88. The molecule has 1 aromatic carbocycles. The van der Waals surface area contributed by atoms with Crippen molar-refractivity contribution < 1.29 is 9.21 Å². The molecule has 0 spiro atoms. The van der Waals surface area contributed by atoms with Gasteiger partial charge in [-0.2, -0.15) is 11.8 Å². The third-order valence-electron chi connectivity index (χ3n) is 4.42. The number of amides is 1. The van der Waals surface area contributed by atoms with Gasteiger partial charge in [-0.25, -0.2) is 0 Å². The van der Waals surface area contributed by atoms with Crippen LogP contribution in [-0.4, -0.2) is 35.9 Å². The van der Waals surface area contributed by atoms with Gasteiger partial charge < -0.3 is 9.32 Å². The van der Waals surface area contributed by atoms with E-state index in [1.54, 1.807) is 6.26 Å². The Labute approximate surface area is 136 Å². The first-order valence-corrected chi connectivity index (χ1v) is 9.30. The number of fused-ring (bicyclic) bond motifs is 1. The van der Waals surface area contributed by atoms with Crippen LogP contribution < -0.4 is 0 Å². The Morgan fingerprint density at radius 1 is 1.45 bits per heavy atom. The van der Waals surface area contributed by atoms with Crippen molar-refractivity contribution in [3.8, 4) is 0 Å². The number of benzene rings is 1. The maximum Gasteiger partial charge on any atom is 0.227 e. The lowest BCUT2D eigenvalue weighted by molar-refractivity contribution is -0.132. The van der Waals surface area contributed by atoms with Gasteiger partial charge in [0.1, 0.15) is 5.58 Å². The van der Waals surface area contributed by atoms with E-state index in [-0.39, 0.29) is 5.91 Å². The highest BCUT2D eigenvalue weighted by atomic mass is 32.2. The molecule has 1 aromatic heterocycles. The Morgan fingerprint density at radius 2 is 2.32 bits per heavy atom. The van der Waals surface area contributed by atoms with Crippen molar-refractivity contribution in [2.45, 2.75) is 26.2 Å². The zero-order chi connectivity index (χ0) is 15.5. The molecule has 1 aliphatic rings. The quantitative estimate of drug-likeness (QED) is 0.858. The molecule has 1 fully saturated rings. The molecule has 0 saturated carbocycles. The molecule has 22 heavy (non-hydrogen) atoms. The predicted molar refractivity (Wildman–Crippen MR) is 92.3 cm³/mol. The lowest BCUT2D eigenvalue weighted by Gasteiger charge is -2.32. The van der Waals surface area contributed by atoms with Crippen LogP contribution in [0.5, 0.6) is 0 Å². The number of carbonyl (C=O) groups is 1. The number of nitrogens with zero attached hydrogens (tertiary/aromatic N) is 1. The third-order valence-corrected chi connectivity index (χ3v) is 5.23. The van der Waals surface area contributed by atoms with Crippen molar-refractivity contribution in [3.63, 3.8) is 0 Å². The highest BCUT2D eigenvalue weighted by Gasteiger charge is 2.24. The summed E-state index contributed by atoms with van der Waals surface area (Å²) < 4.78 is 5.58. The lowest BCUT2D eigenvalue weighted by Crippen LogP contribution is -2.41. The van der Waals surface area contributed by atoms with Gasteiger partial charge in [0.05, 0.1) is 12.7 Å². The van der Waals surface area contributed by atoms with Crippen molar-refractivity contribution in [3.05, 3.63) is 35.6 Å². The SMILES string of the molecule is CSCC1CCCN(C(=O)Cc2coc3ccc(C)cc23)C1. The van der Waals surface area contributed by atoms with Gasteiger partial charge in [-0.1, -0.05) is 11.6 Å². The summed E-state index contributed by atoms with van der Waals surface area (Å²) in [7, 11) is 0. The highest BCUT2D eigenvalue weighted by Crippen LogP contribution is 2.25. The van der Waals surface area contributed by atoms with Gasteiger partial charge in [0.2, 0.25) is 5.91 Å². The minimum Gasteiger partial charge on any atom is -0.464 e. The van der Waals surface area contributed by atoms with E-state index in [2.05, 4.69) is 19.2 Å². The molecule has 3 rings (SSSR count). The molecule has 3 nitrogen and oxygen atoms in total. The van der Waals surface area contributed by atoms with Crippen LogP contribution in [0.15, 0.2) is 28.9 Å². The van der Waals surface area contributed by atoms with Gasteiger partial charge in [-0.15, -0.1) is 0 Å². The van der Waals surface area contributed by atoms with Crippen LogP contribution in [-0.2, 0) is 11.2 Å². The molecular formula is C18H23NO2S. The van der Waals surface area contributed by atoms with Crippen LogP contribution in [0.2, 0.25) is 0 Å². The standard InChI is InChI=1S/C18H23NO2S/c1-13-5-6-17-16(8-13)15(11-21-17)9-18(20)19-7-3-4-14(10-19)12-22-2/h5-6,8,11,14H,3-4,7,9-10,12H2,1-2H3. The Kier molecular flexibility index (Phi) is 4.77. The van der Waals surface area contributed by atoms with Gasteiger partial charge >= 0.3 is 0 Å². The number of thioether (sulfide) groups is 1. The summed E-state index contributed by atoms with van der Waals surface area (Å²) in [4.78, 5) is 14.7. The predicted octanol–water partition coefficient (Wildman–Crippen LogP) is 3.89. The molecule has 1 unspecified atom stereocenters. The normalized spacial score (nSPS) is 18.8. The van der Waals surface area contributed by atoms with E-state index in [1.807, 2.05) is 28.8 Å². The molecule has 0 N–H and O–H groups in total. The average Bonchev–Trinajstić information content (AvgIpc) is 2.90. The number of carbonyl (C=O) groups excluding carboxylic acids is 1. The first kappa shape index (κ1) is 15.5. The largest absolute Gasteiger partial charge is 0.464 e. The summed E-state index contributed by atoms with van der Waals surface area (Å²) >= 11 is 1.88.